The van der Waals surface area contributed by atoms with Gasteiger partial charge in [0.1, 0.15) is 11.6 Å². The standard InChI is InChI=1S/C12H15F2N3O2/c1-17(5-4-11(18)16-12(15)19)7-8-2-3-9(13)6-10(8)14/h2-3,6H,4-5,7H2,1H3,(H3,15,16,18,19). The summed E-state index contributed by atoms with van der Waals surface area (Å²) in [5.74, 6) is -1.77. The predicted octanol–water partition coefficient (Wildman–Crippen LogP) is 0.982. The second-order valence-electron chi connectivity index (χ2n) is 4.14. The topological polar surface area (TPSA) is 75.4 Å². The first kappa shape index (κ1) is 15.0. The number of hydrogen-bond acceptors (Lipinski definition) is 3. The number of urea groups is 1. The van der Waals surface area contributed by atoms with Crippen LogP contribution in [0.5, 0.6) is 0 Å². The van der Waals surface area contributed by atoms with Gasteiger partial charge >= 0.3 is 6.03 Å². The maximum absolute atomic E-state index is 13.4. The van der Waals surface area contributed by atoms with E-state index in [-0.39, 0.29) is 13.0 Å². The number of hydrogen-bond donors (Lipinski definition) is 2. The first-order valence-corrected chi connectivity index (χ1v) is 5.60. The molecule has 5 nitrogen and oxygen atoms in total. The minimum Gasteiger partial charge on any atom is -0.351 e. The molecule has 0 heterocycles. The molecule has 0 atom stereocenters. The fourth-order valence-electron chi connectivity index (χ4n) is 1.51. The molecule has 0 aromatic heterocycles. The summed E-state index contributed by atoms with van der Waals surface area (Å²) >= 11 is 0. The number of benzene rings is 1. The molecule has 19 heavy (non-hydrogen) atoms. The van der Waals surface area contributed by atoms with E-state index < -0.39 is 23.6 Å². The zero-order valence-electron chi connectivity index (χ0n) is 10.5. The van der Waals surface area contributed by atoms with Crippen molar-refractivity contribution in [3.63, 3.8) is 0 Å². The van der Waals surface area contributed by atoms with Gasteiger partial charge in [0.25, 0.3) is 0 Å². The lowest BCUT2D eigenvalue weighted by Gasteiger charge is -2.16. The molecule has 0 unspecified atom stereocenters. The molecule has 1 rings (SSSR count). The Labute approximate surface area is 109 Å². The molecular weight excluding hydrogens is 256 g/mol. The number of carbonyl (C=O) groups is 2. The molecule has 0 aliphatic carbocycles. The number of primary amides is 1. The van der Waals surface area contributed by atoms with Crippen LogP contribution in [0.1, 0.15) is 12.0 Å². The Morgan fingerprint density at radius 1 is 1.37 bits per heavy atom. The van der Waals surface area contributed by atoms with Crippen molar-refractivity contribution in [3.05, 3.63) is 35.4 Å². The molecule has 3 amide bonds. The third kappa shape index (κ3) is 5.43. The highest BCUT2D eigenvalue weighted by molar-refractivity contribution is 5.93. The molecule has 1 aromatic rings. The van der Waals surface area contributed by atoms with Crippen molar-refractivity contribution in [3.8, 4) is 0 Å². The monoisotopic (exact) mass is 271 g/mol. The summed E-state index contributed by atoms with van der Waals surface area (Å²) in [6, 6.07) is 2.43. The van der Waals surface area contributed by atoms with Gasteiger partial charge in [0, 0.05) is 31.1 Å². The SMILES string of the molecule is CN(CCC(=O)NC(N)=O)Cc1ccc(F)cc1F. The van der Waals surface area contributed by atoms with Crippen LogP contribution in [0.2, 0.25) is 0 Å². The Bertz CT molecular complexity index is 480. The summed E-state index contributed by atoms with van der Waals surface area (Å²) in [6.45, 7) is 0.548. The third-order valence-electron chi connectivity index (χ3n) is 2.44. The van der Waals surface area contributed by atoms with E-state index >= 15 is 0 Å². The fraction of sp³-hybridized carbons (Fsp3) is 0.333. The summed E-state index contributed by atoms with van der Waals surface area (Å²) in [5.41, 5.74) is 5.12. The van der Waals surface area contributed by atoms with Crippen LogP contribution in [0.4, 0.5) is 13.6 Å². The van der Waals surface area contributed by atoms with Gasteiger partial charge in [0.15, 0.2) is 0 Å². The summed E-state index contributed by atoms with van der Waals surface area (Å²) < 4.78 is 26.1. The average molecular weight is 271 g/mol. The molecule has 3 N–H and O–H groups in total. The maximum atomic E-state index is 13.4. The molecule has 0 aliphatic heterocycles. The number of halogens is 2. The minimum absolute atomic E-state index is 0.0578. The van der Waals surface area contributed by atoms with Crippen LogP contribution in [0.3, 0.4) is 0 Å². The molecule has 1 aromatic carbocycles. The Kier molecular flexibility index (Phi) is 5.37. The molecule has 0 aliphatic rings. The second-order valence-corrected chi connectivity index (χ2v) is 4.14. The number of nitrogens with two attached hydrogens (primary N) is 1. The summed E-state index contributed by atoms with van der Waals surface area (Å²) in [7, 11) is 1.68. The van der Waals surface area contributed by atoms with Crippen LogP contribution >= 0.6 is 0 Å². The summed E-state index contributed by atoms with van der Waals surface area (Å²) in [5, 5.41) is 1.93. The van der Waals surface area contributed by atoms with Crippen LogP contribution in [-0.2, 0) is 11.3 Å². The van der Waals surface area contributed by atoms with Gasteiger partial charge in [0.2, 0.25) is 5.91 Å². The molecule has 0 bridgehead atoms. The van der Waals surface area contributed by atoms with Crippen molar-refractivity contribution in [2.75, 3.05) is 13.6 Å². The van der Waals surface area contributed by atoms with Gasteiger partial charge in [-0.15, -0.1) is 0 Å². The van der Waals surface area contributed by atoms with Crippen molar-refractivity contribution < 1.29 is 18.4 Å². The molecule has 0 fully saturated rings. The van der Waals surface area contributed by atoms with E-state index in [0.717, 1.165) is 6.07 Å². The van der Waals surface area contributed by atoms with Crippen LogP contribution in [0.15, 0.2) is 18.2 Å². The van der Waals surface area contributed by atoms with Crippen LogP contribution in [0.25, 0.3) is 0 Å². The molecule has 0 spiro atoms. The maximum Gasteiger partial charge on any atom is 0.318 e. The van der Waals surface area contributed by atoms with Gasteiger partial charge < -0.3 is 10.6 Å². The highest BCUT2D eigenvalue weighted by atomic mass is 19.1. The number of imide groups is 1. The lowest BCUT2D eigenvalue weighted by atomic mass is 10.2. The number of carbonyl (C=O) groups excluding carboxylic acids is 2. The van der Waals surface area contributed by atoms with Gasteiger partial charge in [-0.1, -0.05) is 6.07 Å². The molecular formula is C12H15F2N3O2. The van der Waals surface area contributed by atoms with Crippen molar-refractivity contribution in [1.29, 1.82) is 0 Å². The predicted molar refractivity (Wildman–Crippen MR) is 65.0 cm³/mol. The highest BCUT2D eigenvalue weighted by Gasteiger charge is 2.09. The number of nitrogens with one attached hydrogen (secondary N) is 1. The van der Waals surface area contributed by atoms with Crippen molar-refractivity contribution >= 4 is 11.9 Å². The lowest BCUT2D eigenvalue weighted by molar-refractivity contribution is -0.120. The van der Waals surface area contributed by atoms with Gasteiger partial charge in [-0.05, 0) is 13.1 Å². The van der Waals surface area contributed by atoms with Crippen LogP contribution in [0, 0.1) is 11.6 Å². The van der Waals surface area contributed by atoms with E-state index in [1.165, 1.54) is 12.1 Å². The Morgan fingerprint density at radius 2 is 2.05 bits per heavy atom. The minimum atomic E-state index is -0.905. The second kappa shape index (κ2) is 6.79. The van der Waals surface area contributed by atoms with E-state index in [4.69, 9.17) is 5.73 Å². The highest BCUT2D eigenvalue weighted by Crippen LogP contribution is 2.11. The third-order valence-corrected chi connectivity index (χ3v) is 2.44. The first-order valence-electron chi connectivity index (χ1n) is 5.60. The molecule has 104 valence electrons. The van der Waals surface area contributed by atoms with E-state index in [2.05, 4.69) is 0 Å². The van der Waals surface area contributed by atoms with E-state index in [1.54, 1.807) is 11.9 Å². The Morgan fingerprint density at radius 3 is 2.63 bits per heavy atom. The van der Waals surface area contributed by atoms with Crippen molar-refractivity contribution in [2.24, 2.45) is 5.73 Å². The van der Waals surface area contributed by atoms with Crippen molar-refractivity contribution in [2.45, 2.75) is 13.0 Å². The number of amides is 3. The normalized spacial score (nSPS) is 10.5. The molecule has 0 radical (unpaired) electrons. The Balaban J connectivity index is 2.44. The summed E-state index contributed by atoms with van der Waals surface area (Å²) in [4.78, 5) is 23.3. The van der Waals surface area contributed by atoms with Crippen LogP contribution in [-0.4, -0.2) is 30.4 Å². The van der Waals surface area contributed by atoms with Gasteiger partial charge in [0.05, 0.1) is 0 Å². The molecule has 7 heteroatoms. The lowest BCUT2D eigenvalue weighted by Crippen LogP contribution is -2.36. The van der Waals surface area contributed by atoms with Gasteiger partial charge in [-0.25, -0.2) is 13.6 Å². The van der Waals surface area contributed by atoms with Crippen LogP contribution < -0.4 is 11.1 Å². The first-order chi connectivity index (χ1) is 8.88. The smallest absolute Gasteiger partial charge is 0.318 e. The quantitative estimate of drug-likeness (QED) is 0.838. The molecule has 0 saturated heterocycles. The van der Waals surface area contributed by atoms with E-state index in [0.29, 0.717) is 12.1 Å². The number of rotatable bonds is 5. The largest absolute Gasteiger partial charge is 0.351 e. The van der Waals surface area contributed by atoms with Gasteiger partial charge in [-0.3, -0.25) is 10.1 Å². The van der Waals surface area contributed by atoms with E-state index in [1.807, 2.05) is 5.32 Å². The van der Waals surface area contributed by atoms with E-state index in [9.17, 15) is 18.4 Å². The molecule has 0 saturated carbocycles. The average Bonchev–Trinajstić information content (AvgIpc) is 2.29. The Hall–Kier alpha value is -2.02. The van der Waals surface area contributed by atoms with Crippen molar-refractivity contribution in [1.82, 2.24) is 10.2 Å². The number of nitrogens with zero attached hydrogens (tertiary/aromatic N) is 1. The zero-order chi connectivity index (χ0) is 14.4. The van der Waals surface area contributed by atoms with Gasteiger partial charge in [-0.2, -0.15) is 0 Å². The fourth-order valence-corrected chi connectivity index (χ4v) is 1.51. The zero-order valence-corrected chi connectivity index (χ0v) is 10.5. The summed E-state index contributed by atoms with van der Waals surface area (Å²) in [6.07, 6.45) is 0.0578.